The number of aromatic nitrogens is 2. The van der Waals surface area contributed by atoms with Gasteiger partial charge in [0.05, 0.1) is 39.6 Å². The molecular formula is C35H30BrClN4O7S. The van der Waals surface area contributed by atoms with Crippen molar-refractivity contribution in [2.45, 2.75) is 32.6 Å². The van der Waals surface area contributed by atoms with E-state index in [9.17, 15) is 29.5 Å². The number of anilines is 1. The second-order valence-corrected chi connectivity index (χ2v) is 15.8. The first-order chi connectivity index (χ1) is 23.3. The van der Waals surface area contributed by atoms with Gasteiger partial charge in [-0.2, -0.15) is 10.2 Å². The van der Waals surface area contributed by atoms with Gasteiger partial charge in [0.15, 0.2) is 11.5 Å². The summed E-state index contributed by atoms with van der Waals surface area (Å²) in [4.78, 5) is 57.9. The molecule has 2 aromatic heterocycles. The van der Waals surface area contributed by atoms with E-state index < -0.39 is 58.6 Å². The number of allylic oxidation sites excluding steroid dienone is 2. The fraction of sp³-hybridized carbons (Fsp3) is 0.343. The van der Waals surface area contributed by atoms with E-state index in [1.807, 2.05) is 31.2 Å². The minimum atomic E-state index is -1.33. The van der Waals surface area contributed by atoms with Crippen LogP contribution in [0.3, 0.4) is 0 Å². The number of ether oxygens (including phenoxy) is 1. The predicted molar refractivity (Wildman–Crippen MR) is 184 cm³/mol. The minimum Gasteiger partial charge on any atom is -0.503 e. The second-order valence-electron chi connectivity index (χ2n) is 13.4. The topological polar surface area (TPSA) is 142 Å². The van der Waals surface area contributed by atoms with Crippen molar-refractivity contribution in [3.63, 3.8) is 0 Å². The molecule has 2 N–H and O–H groups in total. The highest BCUT2D eigenvalue weighted by Crippen LogP contribution is 2.64. The number of rotatable bonds is 4. The molecular weight excluding hydrogens is 736 g/mol. The van der Waals surface area contributed by atoms with Crippen molar-refractivity contribution in [3.8, 4) is 22.1 Å². The van der Waals surface area contributed by atoms with Gasteiger partial charge in [-0.3, -0.25) is 29.1 Å². The lowest BCUT2D eigenvalue weighted by molar-refractivity contribution is -0.173. The second kappa shape index (κ2) is 11.0. The lowest BCUT2D eigenvalue weighted by atomic mass is 9.51. The van der Waals surface area contributed by atoms with E-state index in [1.165, 1.54) is 16.7 Å². The van der Waals surface area contributed by atoms with Gasteiger partial charge in [-0.15, -0.1) is 11.3 Å². The first kappa shape index (κ1) is 32.2. The molecule has 1 saturated carbocycles. The maximum atomic E-state index is 14.9. The van der Waals surface area contributed by atoms with Crippen molar-refractivity contribution in [3.05, 3.63) is 68.7 Å². The van der Waals surface area contributed by atoms with E-state index >= 15 is 0 Å². The Labute approximate surface area is 297 Å². The number of fused-ring (bicyclic) bond motifs is 5. The zero-order valence-corrected chi connectivity index (χ0v) is 29.9. The van der Waals surface area contributed by atoms with Crippen LogP contribution in [0.15, 0.2) is 52.5 Å². The quantitative estimate of drug-likeness (QED) is 0.139. The molecule has 0 spiro atoms. The first-order valence-electron chi connectivity index (χ1n) is 15.7. The van der Waals surface area contributed by atoms with Crippen molar-refractivity contribution in [1.82, 2.24) is 14.8 Å². The van der Waals surface area contributed by atoms with Crippen molar-refractivity contribution in [2.24, 2.45) is 36.1 Å². The number of aromatic hydroxyl groups is 1. The molecule has 252 valence electrons. The number of hydroxylamine groups is 2. The van der Waals surface area contributed by atoms with Crippen molar-refractivity contribution in [1.29, 1.82) is 0 Å². The molecule has 0 unspecified atom stereocenters. The van der Waals surface area contributed by atoms with Gasteiger partial charge >= 0.3 is 0 Å². The van der Waals surface area contributed by atoms with E-state index in [0.29, 0.717) is 26.6 Å². The van der Waals surface area contributed by atoms with E-state index in [0.717, 1.165) is 26.1 Å². The Hall–Kier alpha value is -4.04. The zero-order valence-electron chi connectivity index (χ0n) is 26.7. The number of halogens is 2. The number of methoxy groups -OCH3 is 1. The number of benzene rings is 2. The van der Waals surface area contributed by atoms with Gasteiger partial charge in [0, 0.05) is 28.8 Å². The molecule has 2 aliphatic carbocycles. The van der Waals surface area contributed by atoms with Gasteiger partial charge in [-0.1, -0.05) is 23.3 Å². The number of nitrogens with zero attached hydrogens (tertiary/aromatic N) is 4. The van der Waals surface area contributed by atoms with Crippen LogP contribution in [0.25, 0.3) is 20.7 Å². The predicted octanol–water partition coefficient (Wildman–Crippen LogP) is 6.36. The van der Waals surface area contributed by atoms with Crippen LogP contribution in [0.5, 0.6) is 11.5 Å². The van der Waals surface area contributed by atoms with Gasteiger partial charge in [-0.25, -0.2) is 4.90 Å². The monoisotopic (exact) mass is 764 g/mol. The van der Waals surface area contributed by atoms with Crippen LogP contribution in [0.2, 0.25) is 5.02 Å². The van der Waals surface area contributed by atoms with Crippen LogP contribution in [0.1, 0.15) is 36.8 Å². The van der Waals surface area contributed by atoms with Gasteiger partial charge in [0.1, 0.15) is 11.5 Å². The zero-order chi connectivity index (χ0) is 34.8. The number of imide groups is 2. The summed E-state index contributed by atoms with van der Waals surface area (Å²) in [5.74, 6) is -5.74. The van der Waals surface area contributed by atoms with Crippen molar-refractivity contribution >= 4 is 78.4 Å². The van der Waals surface area contributed by atoms with Gasteiger partial charge in [0.2, 0.25) is 11.8 Å². The molecule has 4 aliphatic rings. The van der Waals surface area contributed by atoms with E-state index in [2.05, 4.69) is 15.9 Å². The number of aryl methyl sites for hydroxylation is 2. The Bertz CT molecular complexity index is 2210. The van der Waals surface area contributed by atoms with E-state index in [1.54, 1.807) is 43.5 Å². The smallest absolute Gasteiger partial charge is 0.257 e. The molecule has 0 bridgehead atoms. The highest BCUT2D eigenvalue weighted by Gasteiger charge is 2.68. The number of phenolic OH excluding ortho intramolecular Hbond substituents is 1. The fourth-order valence-electron chi connectivity index (χ4n) is 8.73. The molecule has 3 fully saturated rings. The normalized spacial score (nSPS) is 27.9. The Morgan fingerprint density at radius 2 is 1.84 bits per heavy atom. The van der Waals surface area contributed by atoms with Crippen LogP contribution in [-0.2, 0) is 26.2 Å². The number of hydrogen-bond acceptors (Lipinski definition) is 9. The summed E-state index contributed by atoms with van der Waals surface area (Å²) in [7, 11) is 3.11. The largest absolute Gasteiger partial charge is 0.503 e. The average molecular weight is 766 g/mol. The number of carbonyl (C=O) groups is 4. The maximum absolute atomic E-state index is 14.9. The number of amides is 4. The fourth-order valence-corrected chi connectivity index (χ4v) is 10.5. The van der Waals surface area contributed by atoms with Crippen LogP contribution in [0.4, 0.5) is 5.82 Å². The standard InChI is InChI=1S/C35H30BrClN4O7S/c1-14-19-11-16(37)5-8-25(19)49-30(14)23-13-26(39(3)38-23)40-32(44)21-12-20-17(6-7-18-27(20)33(45)41(47)31(18)43)28(35(21,2)34(40)46)15-9-22(36)29(42)24(10-15)48-4/h5-6,8-11,13,18,20-21,27-28,42,47H,7,12H2,1-4H3/t18-,20+,21-,27-,28-,35+/m0/s1. The summed E-state index contributed by atoms with van der Waals surface area (Å²) in [5.41, 5.74) is 1.60. The Balaban J connectivity index is 1.28. The highest BCUT2D eigenvalue weighted by molar-refractivity contribution is 9.10. The third-order valence-corrected chi connectivity index (χ3v) is 13.2. The molecule has 4 heterocycles. The van der Waals surface area contributed by atoms with Crippen molar-refractivity contribution < 1.29 is 34.2 Å². The third kappa shape index (κ3) is 4.31. The summed E-state index contributed by atoms with van der Waals surface area (Å²) in [6.07, 6.45) is 2.21. The minimum absolute atomic E-state index is 0.123. The number of phenols is 1. The molecule has 2 aromatic carbocycles. The lowest BCUT2D eigenvalue weighted by Gasteiger charge is -2.49. The van der Waals surface area contributed by atoms with Crippen molar-refractivity contribution in [2.75, 3.05) is 12.0 Å². The van der Waals surface area contributed by atoms with E-state index in [-0.39, 0.29) is 29.4 Å². The first-order valence-corrected chi connectivity index (χ1v) is 17.7. The molecule has 2 aliphatic heterocycles. The SMILES string of the molecule is COc1cc([C@H]2C3=CC[C@@H]4C(=O)N(O)C(=O)[C@@H]4[C@@H]3C[C@H]3C(=O)N(c4cc(-c5sc6ccc(Cl)cc6c5C)nn4C)C(=O)[C@@]23C)cc(Br)c1O. The maximum Gasteiger partial charge on any atom is 0.257 e. The summed E-state index contributed by atoms with van der Waals surface area (Å²) in [5, 5.41) is 27.6. The molecule has 4 aromatic rings. The van der Waals surface area contributed by atoms with Crippen LogP contribution >= 0.6 is 38.9 Å². The number of carbonyl (C=O) groups excluding carboxylic acids is 4. The summed E-state index contributed by atoms with van der Waals surface area (Å²) in [6, 6.07) is 10.8. The Kier molecular flexibility index (Phi) is 7.21. The van der Waals surface area contributed by atoms with Gasteiger partial charge < -0.3 is 9.84 Å². The molecule has 0 radical (unpaired) electrons. The lowest BCUT2D eigenvalue weighted by Crippen LogP contribution is -2.48. The molecule has 8 rings (SSSR count). The summed E-state index contributed by atoms with van der Waals surface area (Å²) < 4.78 is 8.36. The van der Waals surface area contributed by atoms with Crippen LogP contribution < -0.4 is 9.64 Å². The van der Waals surface area contributed by atoms with Gasteiger partial charge in [0.25, 0.3) is 11.8 Å². The molecule has 6 atom stereocenters. The van der Waals surface area contributed by atoms with Crippen LogP contribution in [-0.4, -0.2) is 55.9 Å². The average Bonchev–Trinajstić information content (AvgIpc) is 3.73. The number of hydrogen-bond donors (Lipinski definition) is 2. The Morgan fingerprint density at radius 3 is 2.57 bits per heavy atom. The third-order valence-electron chi connectivity index (χ3n) is 11.1. The molecule has 4 amide bonds. The highest BCUT2D eigenvalue weighted by atomic mass is 79.9. The Morgan fingerprint density at radius 1 is 1.08 bits per heavy atom. The van der Waals surface area contributed by atoms with Crippen LogP contribution in [0, 0.1) is 36.0 Å². The number of thiophene rings is 1. The molecule has 14 heteroatoms. The van der Waals surface area contributed by atoms with Gasteiger partial charge in [-0.05, 0) is 95.4 Å². The molecule has 11 nitrogen and oxygen atoms in total. The molecule has 49 heavy (non-hydrogen) atoms. The summed E-state index contributed by atoms with van der Waals surface area (Å²) >= 11 is 11.2. The molecule has 2 saturated heterocycles. The summed E-state index contributed by atoms with van der Waals surface area (Å²) in [6.45, 7) is 3.76. The van der Waals surface area contributed by atoms with E-state index in [4.69, 9.17) is 21.4 Å².